The lowest BCUT2D eigenvalue weighted by Crippen LogP contribution is -2.51. The fraction of sp³-hybridized carbons (Fsp3) is 0.455. The standard InChI is InChI=1S/C11H13NO3S/c13-10(3-8-1-2-16-7-8)12-5-9(6-12)4-11(14)15/h1-2,7,9H,3-6H2,(H,14,15). The van der Waals surface area contributed by atoms with Crippen LogP contribution in [0, 0.1) is 5.92 Å². The number of likely N-dealkylation sites (tertiary alicyclic amines) is 1. The van der Waals surface area contributed by atoms with Crippen LogP contribution in [-0.2, 0) is 16.0 Å². The minimum absolute atomic E-state index is 0.0973. The van der Waals surface area contributed by atoms with Gasteiger partial charge in [-0.2, -0.15) is 11.3 Å². The van der Waals surface area contributed by atoms with Gasteiger partial charge in [-0.25, -0.2) is 0 Å². The minimum atomic E-state index is -0.782. The number of carboxylic acids is 1. The first-order valence-electron chi connectivity index (χ1n) is 5.16. The summed E-state index contributed by atoms with van der Waals surface area (Å²) in [6.45, 7) is 1.19. The molecule has 0 saturated carbocycles. The molecule has 16 heavy (non-hydrogen) atoms. The highest BCUT2D eigenvalue weighted by molar-refractivity contribution is 7.07. The lowest BCUT2D eigenvalue weighted by Gasteiger charge is -2.38. The molecule has 0 aliphatic carbocycles. The number of thiophene rings is 1. The van der Waals surface area contributed by atoms with E-state index in [0.717, 1.165) is 5.56 Å². The van der Waals surface area contributed by atoms with E-state index in [0.29, 0.717) is 19.5 Å². The highest BCUT2D eigenvalue weighted by Crippen LogP contribution is 2.20. The number of carbonyl (C=O) groups is 2. The van der Waals surface area contributed by atoms with Crippen LogP contribution in [-0.4, -0.2) is 35.0 Å². The van der Waals surface area contributed by atoms with Gasteiger partial charge < -0.3 is 10.0 Å². The number of rotatable bonds is 4. The monoisotopic (exact) mass is 239 g/mol. The molecule has 0 atom stereocenters. The summed E-state index contributed by atoms with van der Waals surface area (Å²) in [6, 6.07) is 1.94. The number of hydrogen-bond acceptors (Lipinski definition) is 3. The van der Waals surface area contributed by atoms with Crippen molar-refractivity contribution in [3.05, 3.63) is 22.4 Å². The summed E-state index contributed by atoms with van der Waals surface area (Å²) in [5.74, 6) is -0.543. The molecule has 0 radical (unpaired) electrons. The lowest BCUT2D eigenvalue weighted by atomic mass is 9.96. The van der Waals surface area contributed by atoms with Gasteiger partial charge in [-0.05, 0) is 22.4 Å². The molecule has 1 aliphatic heterocycles. The van der Waals surface area contributed by atoms with Crippen molar-refractivity contribution in [2.75, 3.05) is 13.1 Å². The van der Waals surface area contributed by atoms with Crippen molar-refractivity contribution in [3.63, 3.8) is 0 Å². The molecular formula is C11H13NO3S. The van der Waals surface area contributed by atoms with Crippen LogP contribution in [0.1, 0.15) is 12.0 Å². The maximum Gasteiger partial charge on any atom is 0.303 e. The van der Waals surface area contributed by atoms with Crippen molar-refractivity contribution >= 4 is 23.2 Å². The third-order valence-corrected chi connectivity index (χ3v) is 3.44. The average molecular weight is 239 g/mol. The molecule has 2 rings (SSSR count). The van der Waals surface area contributed by atoms with Crippen LogP contribution in [0.3, 0.4) is 0 Å². The van der Waals surface area contributed by atoms with Gasteiger partial charge in [-0.1, -0.05) is 0 Å². The van der Waals surface area contributed by atoms with Crippen LogP contribution in [0.25, 0.3) is 0 Å². The van der Waals surface area contributed by atoms with Gasteiger partial charge in [-0.3, -0.25) is 9.59 Å². The topological polar surface area (TPSA) is 57.6 Å². The number of carboxylic acid groups (broad SMARTS) is 1. The smallest absolute Gasteiger partial charge is 0.303 e. The Labute approximate surface area is 97.5 Å². The van der Waals surface area contributed by atoms with E-state index >= 15 is 0 Å². The molecule has 1 fully saturated rings. The van der Waals surface area contributed by atoms with Gasteiger partial charge in [0.2, 0.25) is 5.91 Å². The number of hydrogen-bond donors (Lipinski definition) is 1. The average Bonchev–Trinajstić information content (AvgIpc) is 2.62. The normalized spacial score (nSPS) is 15.9. The number of amides is 1. The largest absolute Gasteiger partial charge is 0.481 e. The maximum absolute atomic E-state index is 11.7. The Kier molecular flexibility index (Phi) is 3.24. The van der Waals surface area contributed by atoms with E-state index in [2.05, 4.69) is 0 Å². The Bertz CT molecular complexity index is 382. The van der Waals surface area contributed by atoms with Crippen molar-refractivity contribution < 1.29 is 14.7 Å². The Morgan fingerprint density at radius 3 is 2.81 bits per heavy atom. The molecule has 0 aromatic carbocycles. The van der Waals surface area contributed by atoms with Gasteiger partial charge in [0.15, 0.2) is 0 Å². The fourth-order valence-electron chi connectivity index (χ4n) is 1.83. The fourth-order valence-corrected chi connectivity index (χ4v) is 2.50. The molecule has 2 heterocycles. The molecule has 5 heteroatoms. The molecule has 0 spiro atoms. The molecule has 1 amide bonds. The summed E-state index contributed by atoms with van der Waals surface area (Å²) >= 11 is 1.58. The zero-order chi connectivity index (χ0) is 11.5. The van der Waals surface area contributed by atoms with Crippen LogP contribution in [0.2, 0.25) is 0 Å². The Morgan fingerprint density at radius 2 is 2.25 bits per heavy atom. The van der Waals surface area contributed by atoms with E-state index < -0.39 is 5.97 Å². The van der Waals surface area contributed by atoms with Crippen LogP contribution in [0.4, 0.5) is 0 Å². The predicted molar refractivity (Wildman–Crippen MR) is 60.3 cm³/mol. The molecule has 1 aromatic heterocycles. The predicted octanol–water partition coefficient (Wildman–Crippen LogP) is 1.22. The van der Waals surface area contributed by atoms with Crippen LogP contribution in [0.5, 0.6) is 0 Å². The van der Waals surface area contributed by atoms with Gasteiger partial charge in [0.25, 0.3) is 0 Å². The Balaban J connectivity index is 1.75. The van der Waals surface area contributed by atoms with Crippen LogP contribution in [0.15, 0.2) is 16.8 Å². The van der Waals surface area contributed by atoms with E-state index in [-0.39, 0.29) is 18.2 Å². The molecule has 0 unspecified atom stereocenters. The van der Waals surface area contributed by atoms with Crippen LogP contribution < -0.4 is 0 Å². The van der Waals surface area contributed by atoms with Gasteiger partial charge in [0.1, 0.15) is 0 Å². The molecule has 1 aromatic rings. The van der Waals surface area contributed by atoms with Crippen molar-refractivity contribution in [2.45, 2.75) is 12.8 Å². The minimum Gasteiger partial charge on any atom is -0.481 e. The van der Waals surface area contributed by atoms with Crippen LogP contribution >= 0.6 is 11.3 Å². The third kappa shape index (κ3) is 2.61. The van der Waals surface area contributed by atoms with Crippen molar-refractivity contribution in [1.82, 2.24) is 4.90 Å². The second-order valence-corrected chi connectivity index (χ2v) is 4.85. The molecule has 4 nitrogen and oxygen atoms in total. The highest BCUT2D eigenvalue weighted by atomic mass is 32.1. The number of nitrogens with zero attached hydrogens (tertiary/aromatic N) is 1. The van der Waals surface area contributed by atoms with Gasteiger partial charge >= 0.3 is 5.97 Å². The molecule has 0 bridgehead atoms. The second kappa shape index (κ2) is 4.65. The first kappa shape index (κ1) is 11.1. The summed E-state index contributed by atoms with van der Waals surface area (Å²) in [6.07, 6.45) is 0.603. The molecule has 1 aliphatic rings. The van der Waals surface area contributed by atoms with Gasteiger partial charge in [0, 0.05) is 19.0 Å². The number of carbonyl (C=O) groups excluding carboxylic acids is 1. The van der Waals surface area contributed by atoms with Crippen molar-refractivity contribution in [1.29, 1.82) is 0 Å². The molecule has 86 valence electrons. The van der Waals surface area contributed by atoms with Crippen molar-refractivity contribution in [2.24, 2.45) is 5.92 Å². The van der Waals surface area contributed by atoms with E-state index in [9.17, 15) is 9.59 Å². The summed E-state index contributed by atoms with van der Waals surface area (Å²) in [7, 11) is 0. The molecule has 1 N–H and O–H groups in total. The first-order chi connectivity index (χ1) is 7.65. The Hall–Kier alpha value is -1.36. The van der Waals surface area contributed by atoms with Gasteiger partial charge in [-0.15, -0.1) is 0 Å². The molecular weight excluding hydrogens is 226 g/mol. The summed E-state index contributed by atoms with van der Waals surface area (Å²) in [5.41, 5.74) is 1.04. The van der Waals surface area contributed by atoms with E-state index in [1.807, 2.05) is 16.8 Å². The summed E-state index contributed by atoms with van der Waals surface area (Å²) < 4.78 is 0. The highest BCUT2D eigenvalue weighted by Gasteiger charge is 2.31. The SMILES string of the molecule is O=C(O)CC1CN(C(=O)Cc2ccsc2)C1. The zero-order valence-corrected chi connectivity index (χ0v) is 9.57. The zero-order valence-electron chi connectivity index (χ0n) is 8.76. The maximum atomic E-state index is 11.7. The lowest BCUT2D eigenvalue weighted by molar-refractivity contribution is -0.144. The quantitative estimate of drug-likeness (QED) is 0.859. The molecule has 1 saturated heterocycles. The van der Waals surface area contributed by atoms with Crippen molar-refractivity contribution in [3.8, 4) is 0 Å². The first-order valence-corrected chi connectivity index (χ1v) is 6.10. The van der Waals surface area contributed by atoms with E-state index in [1.165, 1.54) is 0 Å². The van der Waals surface area contributed by atoms with Gasteiger partial charge in [0.05, 0.1) is 12.8 Å². The van der Waals surface area contributed by atoms with E-state index in [4.69, 9.17) is 5.11 Å². The van der Waals surface area contributed by atoms with E-state index in [1.54, 1.807) is 16.2 Å². The summed E-state index contributed by atoms with van der Waals surface area (Å²) in [5, 5.41) is 12.5. The Morgan fingerprint density at radius 1 is 1.50 bits per heavy atom. The third-order valence-electron chi connectivity index (χ3n) is 2.71. The summed E-state index contributed by atoms with van der Waals surface area (Å²) in [4.78, 5) is 23.9. The second-order valence-electron chi connectivity index (χ2n) is 4.07. The number of aliphatic carboxylic acids is 1.